The highest BCUT2D eigenvalue weighted by atomic mass is 15.2. The van der Waals surface area contributed by atoms with Gasteiger partial charge in [-0.05, 0) is 31.1 Å². The van der Waals surface area contributed by atoms with Crippen molar-refractivity contribution < 1.29 is 0 Å². The molecule has 1 aliphatic heterocycles. The maximum atomic E-state index is 3.53. The molecule has 0 radical (unpaired) electrons. The van der Waals surface area contributed by atoms with Crippen LogP contribution in [0.5, 0.6) is 0 Å². The Morgan fingerprint density at radius 3 is 2.88 bits per heavy atom. The van der Waals surface area contributed by atoms with E-state index in [0.29, 0.717) is 5.41 Å². The van der Waals surface area contributed by atoms with Crippen LogP contribution in [0, 0.1) is 5.41 Å². The highest BCUT2D eigenvalue weighted by molar-refractivity contribution is 4.90. The maximum Gasteiger partial charge on any atom is 0.0221 e. The second-order valence-corrected chi connectivity index (χ2v) is 6.42. The maximum absolute atomic E-state index is 3.53. The Hall–Kier alpha value is -0.0800. The summed E-state index contributed by atoms with van der Waals surface area (Å²) in [6.45, 7) is 10.9. The fourth-order valence-corrected chi connectivity index (χ4v) is 3.58. The summed E-state index contributed by atoms with van der Waals surface area (Å²) in [5.41, 5.74) is 0.575. The molecule has 1 saturated carbocycles. The SMILES string of the molecule is CCC1CNCCN1C1CCCC(C)(C)C1. The van der Waals surface area contributed by atoms with E-state index < -0.39 is 0 Å². The third-order valence-electron chi connectivity index (χ3n) is 4.52. The van der Waals surface area contributed by atoms with Gasteiger partial charge >= 0.3 is 0 Å². The zero-order valence-corrected chi connectivity index (χ0v) is 11.3. The second-order valence-electron chi connectivity index (χ2n) is 6.42. The summed E-state index contributed by atoms with van der Waals surface area (Å²) in [6, 6.07) is 1.64. The molecule has 2 fully saturated rings. The lowest BCUT2D eigenvalue weighted by atomic mass is 9.74. The van der Waals surface area contributed by atoms with Crippen LogP contribution in [0.25, 0.3) is 0 Å². The lowest BCUT2D eigenvalue weighted by Gasteiger charge is -2.46. The van der Waals surface area contributed by atoms with Gasteiger partial charge in [-0.15, -0.1) is 0 Å². The minimum Gasteiger partial charge on any atom is -0.314 e. The van der Waals surface area contributed by atoms with E-state index in [1.807, 2.05) is 0 Å². The monoisotopic (exact) mass is 224 g/mol. The van der Waals surface area contributed by atoms with Crippen LogP contribution in [0.4, 0.5) is 0 Å². The van der Waals surface area contributed by atoms with Crippen LogP contribution in [0.1, 0.15) is 52.9 Å². The van der Waals surface area contributed by atoms with Crippen LogP contribution in [0.2, 0.25) is 0 Å². The van der Waals surface area contributed by atoms with E-state index in [1.165, 1.54) is 51.7 Å². The predicted molar refractivity (Wildman–Crippen MR) is 69.7 cm³/mol. The summed E-state index contributed by atoms with van der Waals surface area (Å²) in [4.78, 5) is 2.80. The van der Waals surface area contributed by atoms with Crippen LogP contribution >= 0.6 is 0 Å². The molecule has 0 aromatic rings. The molecule has 0 aromatic carbocycles. The Morgan fingerprint density at radius 2 is 2.19 bits per heavy atom. The molecule has 2 unspecified atom stereocenters. The van der Waals surface area contributed by atoms with Crippen molar-refractivity contribution in [2.75, 3.05) is 19.6 Å². The van der Waals surface area contributed by atoms with Gasteiger partial charge in [0.25, 0.3) is 0 Å². The fraction of sp³-hybridized carbons (Fsp3) is 1.00. The van der Waals surface area contributed by atoms with Crippen LogP contribution in [0.3, 0.4) is 0 Å². The van der Waals surface area contributed by atoms with Gasteiger partial charge in [0.1, 0.15) is 0 Å². The molecule has 1 aliphatic carbocycles. The van der Waals surface area contributed by atoms with Crippen LogP contribution in [0.15, 0.2) is 0 Å². The molecule has 2 rings (SSSR count). The minimum atomic E-state index is 0.575. The van der Waals surface area contributed by atoms with Gasteiger partial charge in [0.05, 0.1) is 0 Å². The van der Waals surface area contributed by atoms with Gasteiger partial charge in [0, 0.05) is 31.7 Å². The third-order valence-corrected chi connectivity index (χ3v) is 4.52. The number of hydrogen-bond acceptors (Lipinski definition) is 2. The summed E-state index contributed by atoms with van der Waals surface area (Å²) >= 11 is 0. The van der Waals surface area contributed by atoms with Gasteiger partial charge in [0.2, 0.25) is 0 Å². The van der Waals surface area contributed by atoms with Gasteiger partial charge in [0.15, 0.2) is 0 Å². The van der Waals surface area contributed by atoms with Crippen molar-refractivity contribution in [2.45, 2.75) is 65.0 Å². The first kappa shape index (κ1) is 12.4. The molecular weight excluding hydrogens is 196 g/mol. The van der Waals surface area contributed by atoms with Crippen molar-refractivity contribution in [3.05, 3.63) is 0 Å². The summed E-state index contributed by atoms with van der Waals surface area (Å²) in [5.74, 6) is 0. The first-order chi connectivity index (χ1) is 7.62. The van der Waals surface area contributed by atoms with E-state index in [1.54, 1.807) is 0 Å². The Balaban J connectivity index is 1.99. The molecule has 1 saturated heterocycles. The highest BCUT2D eigenvalue weighted by Crippen LogP contribution is 2.38. The molecule has 1 heterocycles. The molecule has 94 valence electrons. The largest absolute Gasteiger partial charge is 0.314 e. The van der Waals surface area contributed by atoms with Gasteiger partial charge < -0.3 is 5.32 Å². The summed E-state index contributed by atoms with van der Waals surface area (Å²) < 4.78 is 0. The number of nitrogens with one attached hydrogen (secondary N) is 1. The molecule has 2 aliphatic rings. The summed E-state index contributed by atoms with van der Waals surface area (Å²) in [6.07, 6.45) is 6.98. The molecule has 16 heavy (non-hydrogen) atoms. The molecule has 0 spiro atoms. The topological polar surface area (TPSA) is 15.3 Å². The normalized spacial score (nSPS) is 36.2. The lowest BCUT2D eigenvalue weighted by molar-refractivity contribution is 0.0444. The van der Waals surface area contributed by atoms with Crippen molar-refractivity contribution >= 4 is 0 Å². The van der Waals surface area contributed by atoms with Crippen LogP contribution in [-0.4, -0.2) is 36.6 Å². The van der Waals surface area contributed by atoms with Crippen molar-refractivity contribution in [1.29, 1.82) is 0 Å². The molecular formula is C14H28N2. The summed E-state index contributed by atoms with van der Waals surface area (Å²) in [5, 5.41) is 3.53. The standard InChI is InChI=1S/C14H28N2/c1-4-12-11-15-8-9-16(12)13-6-5-7-14(2,3)10-13/h12-13,15H,4-11H2,1-3H3. The molecule has 1 N–H and O–H groups in total. The first-order valence-electron chi connectivity index (χ1n) is 7.09. The third kappa shape index (κ3) is 2.78. The predicted octanol–water partition coefficient (Wildman–Crippen LogP) is 2.64. The average molecular weight is 224 g/mol. The first-order valence-corrected chi connectivity index (χ1v) is 7.09. The van der Waals surface area contributed by atoms with Crippen LogP contribution in [-0.2, 0) is 0 Å². The zero-order valence-electron chi connectivity index (χ0n) is 11.3. The molecule has 2 heteroatoms. The smallest absolute Gasteiger partial charge is 0.0221 e. The Kier molecular flexibility index (Phi) is 3.91. The molecule has 0 amide bonds. The summed E-state index contributed by atoms with van der Waals surface area (Å²) in [7, 11) is 0. The van der Waals surface area contributed by atoms with Crippen molar-refractivity contribution in [1.82, 2.24) is 10.2 Å². The van der Waals surface area contributed by atoms with Gasteiger partial charge in [-0.25, -0.2) is 0 Å². The average Bonchev–Trinajstić information content (AvgIpc) is 2.27. The van der Waals surface area contributed by atoms with Crippen molar-refractivity contribution in [2.24, 2.45) is 5.41 Å². The number of piperazine rings is 1. The van der Waals surface area contributed by atoms with E-state index >= 15 is 0 Å². The number of rotatable bonds is 2. The molecule has 0 bridgehead atoms. The van der Waals surface area contributed by atoms with Gasteiger partial charge in [-0.2, -0.15) is 0 Å². The van der Waals surface area contributed by atoms with Crippen molar-refractivity contribution in [3.8, 4) is 0 Å². The fourth-order valence-electron chi connectivity index (χ4n) is 3.58. The molecule has 2 atom stereocenters. The Bertz CT molecular complexity index is 225. The number of nitrogens with zero attached hydrogens (tertiary/aromatic N) is 1. The Labute approximate surface area is 101 Å². The Morgan fingerprint density at radius 1 is 1.38 bits per heavy atom. The van der Waals surface area contributed by atoms with Gasteiger partial charge in [-0.1, -0.05) is 27.2 Å². The quantitative estimate of drug-likeness (QED) is 0.776. The molecule has 2 nitrogen and oxygen atoms in total. The van der Waals surface area contributed by atoms with Crippen molar-refractivity contribution in [3.63, 3.8) is 0 Å². The van der Waals surface area contributed by atoms with Crippen LogP contribution < -0.4 is 5.32 Å². The van der Waals surface area contributed by atoms with E-state index in [9.17, 15) is 0 Å². The minimum absolute atomic E-state index is 0.575. The lowest BCUT2D eigenvalue weighted by Crippen LogP contribution is -2.56. The zero-order chi connectivity index (χ0) is 11.6. The molecule has 0 aromatic heterocycles. The van der Waals surface area contributed by atoms with E-state index in [2.05, 4.69) is 31.0 Å². The van der Waals surface area contributed by atoms with E-state index in [0.717, 1.165) is 12.1 Å². The number of hydrogen-bond donors (Lipinski definition) is 1. The highest BCUT2D eigenvalue weighted by Gasteiger charge is 2.34. The van der Waals surface area contributed by atoms with E-state index in [4.69, 9.17) is 0 Å². The van der Waals surface area contributed by atoms with E-state index in [-0.39, 0.29) is 0 Å². The second kappa shape index (κ2) is 5.05. The van der Waals surface area contributed by atoms with Gasteiger partial charge in [-0.3, -0.25) is 4.90 Å².